The van der Waals surface area contributed by atoms with Crippen LogP contribution in [0.5, 0.6) is 0 Å². The molecule has 28 heavy (non-hydrogen) atoms. The molecule has 0 aliphatic heterocycles. The fraction of sp³-hybridized carbons (Fsp3) is 0.227. The Balaban J connectivity index is 1.49. The van der Waals surface area contributed by atoms with Gasteiger partial charge < -0.3 is 10.6 Å². The van der Waals surface area contributed by atoms with Crippen molar-refractivity contribution in [2.75, 3.05) is 11.9 Å². The molecule has 2 N–H and O–H groups in total. The van der Waals surface area contributed by atoms with Crippen molar-refractivity contribution in [2.45, 2.75) is 20.3 Å². The summed E-state index contributed by atoms with van der Waals surface area (Å²) in [5.74, 6) is -1.28. The SMILES string of the molecule is Cc1cccc(NC(=O)C(=O)NCCc2ccc(-c3cnn(C)c3)cc2)c1C. The lowest BCUT2D eigenvalue weighted by Crippen LogP contribution is -2.36. The largest absolute Gasteiger partial charge is 0.347 e. The Labute approximate surface area is 164 Å². The van der Waals surface area contributed by atoms with Gasteiger partial charge in [-0.05, 0) is 48.6 Å². The third kappa shape index (κ3) is 4.65. The molecule has 6 heteroatoms. The number of carbonyl (C=O) groups excluding carboxylic acids is 2. The fourth-order valence-corrected chi connectivity index (χ4v) is 2.90. The van der Waals surface area contributed by atoms with E-state index in [-0.39, 0.29) is 0 Å². The van der Waals surface area contributed by atoms with Crippen LogP contribution in [0.1, 0.15) is 16.7 Å². The number of aromatic nitrogens is 2. The van der Waals surface area contributed by atoms with Crippen molar-refractivity contribution in [3.63, 3.8) is 0 Å². The molecular formula is C22H24N4O2. The van der Waals surface area contributed by atoms with Crippen LogP contribution in [0.3, 0.4) is 0 Å². The average Bonchev–Trinajstić information content (AvgIpc) is 3.12. The highest BCUT2D eigenvalue weighted by Crippen LogP contribution is 2.19. The van der Waals surface area contributed by atoms with Crippen LogP contribution >= 0.6 is 0 Å². The van der Waals surface area contributed by atoms with Gasteiger partial charge in [0.25, 0.3) is 0 Å². The number of amides is 2. The maximum absolute atomic E-state index is 12.1. The molecular weight excluding hydrogens is 352 g/mol. The third-order valence-corrected chi connectivity index (χ3v) is 4.75. The first kappa shape index (κ1) is 19.4. The highest BCUT2D eigenvalue weighted by Gasteiger charge is 2.14. The standard InChI is InChI=1S/C22H24N4O2/c1-15-5-4-6-20(16(15)2)25-22(28)21(27)23-12-11-17-7-9-18(10-8-17)19-13-24-26(3)14-19/h4-10,13-14H,11-12H2,1-3H3,(H,23,27)(H,25,28). The number of rotatable bonds is 5. The summed E-state index contributed by atoms with van der Waals surface area (Å²) >= 11 is 0. The Hall–Kier alpha value is -3.41. The highest BCUT2D eigenvalue weighted by atomic mass is 16.2. The smallest absolute Gasteiger partial charge is 0.313 e. The van der Waals surface area contributed by atoms with Gasteiger partial charge in [0.1, 0.15) is 0 Å². The zero-order valence-electron chi connectivity index (χ0n) is 16.3. The van der Waals surface area contributed by atoms with Crippen molar-refractivity contribution in [2.24, 2.45) is 7.05 Å². The second kappa shape index (κ2) is 8.52. The van der Waals surface area contributed by atoms with E-state index in [0.717, 1.165) is 27.8 Å². The number of aryl methyl sites for hydroxylation is 2. The molecule has 0 unspecified atom stereocenters. The minimum atomic E-state index is -0.652. The van der Waals surface area contributed by atoms with Crippen molar-refractivity contribution in [3.8, 4) is 11.1 Å². The summed E-state index contributed by atoms with van der Waals surface area (Å²) in [5.41, 5.74) is 5.92. The van der Waals surface area contributed by atoms with Gasteiger partial charge in [-0.25, -0.2) is 0 Å². The van der Waals surface area contributed by atoms with Gasteiger partial charge in [0.15, 0.2) is 0 Å². The van der Waals surface area contributed by atoms with Gasteiger partial charge in [0, 0.05) is 31.0 Å². The van der Waals surface area contributed by atoms with Crippen LogP contribution in [0.25, 0.3) is 11.1 Å². The second-order valence-corrected chi connectivity index (χ2v) is 6.81. The van der Waals surface area contributed by atoms with E-state index in [4.69, 9.17) is 0 Å². The van der Waals surface area contributed by atoms with Crippen LogP contribution in [0, 0.1) is 13.8 Å². The van der Waals surface area contributed by atoms with Gasteiger partial charge in [-0.15, -0.1) is 0 Å². The van der Waals surface area contributed by atoms with Crippen molar-refractivity contribution in [1.82, 2.24) is 15.1 Å². The van der Waals surface area contributed by atoms with Crippen LogP contribution in [-0.2, 0) is 23.1 Å². The third-order valence-electron chi connectivity index (χ3n) is 4.75. The molecule has 3 rings (SSSR count). The normalized spacial score (nSPS) is 10.5. The van der Waals surface area contributed by atoms with Gasteiger partial charge in [0.05, 0.1) is 6.20 Å². The summed E-state index contributed by atoms with van der Waals surface area (Å²) in [4.78, 5) is 24.1. The number of nitrogens with one attached hydrogen (secondary N) is 2. The number of benzene rings is 2. The van der Waals surface area contributed by atoms with Crippen LogP contribution in [-0.4, -0.2) is 28.1 Å². The van der Waals surface area contributed by atoms with E-state index in [9.17, 15) is 9.59 Å². The lowest BCUT2D eigenvalue weighted by molar-refractivity contribution is -0.136. The predicted molar refractivity (Wildman–Crippen MR) is 110 cm³/mol. The summed E-state index contributed by atoms with van der Waals surface area (Å²) in [6, 6.07) is 13.7. The molecule has 0 atom stereocenters. The van der Waals surface area contributed by atoms with Crippen LogP contribution in [0.4, 0.5) is 5.69 Å². The molecule has 0 spiro atoms. The van der Waals surface area contributed by atoms with Crippen molar-refractivity contribution in [3.05, 3.63) is 71.5 Å². The molecule has 0 fully saturated rings. The molecule has 0 saturated heterocycles. The monoisotopic (exact) mass is 376 g/mol. The molecule has 0 bridgehead atoms. The van der Waals surface area contributed by atoms with Gasteiger partial charge in [-0.2, -0.15) is 5.10 Å². The molecule has 0 radical (unpaired) electrons. The van der Waals surface area contributed by atoms with E-state index in [1.807, 2.05) is 69.7 Å². The summed E-state index contributed by atoms with van der Waals surface area (Å²) in [6.07, 6.45) is 4.43. The molecule has 144 valence electrons. The molecule has 2 amide bonds. The number of hydrogen-bond acceptors (Lipinski definition) is 3. The summed E-state index contributed by atoms with van der Waals surface area (Å²) in [5, 5.41) is 9.51. The van der Waals surface area contributed by atoms with Crippen LogP contribution in [0.15, 0.2) is 54.9 Å². The number of nitrogens with zero attached hydrogens (tertiary/aromatic N) is 2. The molecule has 1 heterocycles. The maximum atomic E-state index is 12.1. The Morgan fingerprint density at radius 2 is 1.75 bits per heavy atom. The Kier molecular flexibility index (Phi) is 5.89. The Bertz CT molecular complexity index is 990. The first-order chi connectivity index (χ1) is 13.4. The lowest BCUT2D eigenvalue weighted by Gasteiger charge is -2.10. The first-order valence-electron chi connectivity index (χ1n) is 9.17. The van der Waals surface area contributed by atoms with E-state index in [2.05, 4.69) is 15.7 Å². The van der Waals surface area contributed by atoms with Crippen molar-refractivity contribution >= 4 is 17.5 Å². The number of carbonyl (C=O) groups is 2. The Morgan fingerprint density at radius 1 is 1.00 bits per heavy atom. The molecule has 0 aliphatic rings. The Morgan fingerprint density at radius 3 is 2.43 bits per heavy atom. The fourth-order valence-electron chi connectivity index (χ4n) is 2.90. The molecule has 6 nitrogen and oxygen atoms in total. The summed E-state index contributed by atoms with van der Waals surface area (Å²) in [6.45, 7) is 4.27. The van der Waals surface area contributed by atoms with Gasteiger partial charge >= 0.3 is 11.8 Å². The predicted octanol–water partition coefficient (Wildman–Crippen LogP) is 3.00. The lowest BCUT2D eigenvalue weighted by atomic mass is 10.1. The summed E-state index contributed by atoms with van der Waals surface area (Å²) < 4.78 is 1.77. The molecule has 2 aromatic carbocycles. The molecule has 1 aromatic heterocycles. The van der Waals surface area contributed by atoms with Gasteiger partial charge in [-0.3, -0.25) is 14.3 Å². The molecule has 0 aliphatic carbocycles. The maximum Gasteiger partial charge on any atom is 0.313 e. The zero-order valence-corrected chi connectivity index (χ0v) is 16.3. The minimum absolute atomic E-state index is 0.394. The van der Waals surface area contributed by atoms with Gasteiger partial charge in [-0.1, -0.05) is 36.4 Å². The highest BCUT2D eigenvalue weighted by molar-refractivity contribution is 6.39. The topological polar surface area (TPSA) is 76.0 Å². The minimum Gasteiger partial charge on any atom is -0.347 e. The average molecular weight is 376 g/mol. The van der Waals surface area contributed by atoms with Crippen LogP contribution in [0.2, 0.25) is 0 Å². The van der Waals surface area contributed by atoms with E-state index in [0.29, 0.717) is 18.7 Å². The molecule has 0 saturated carbocycles. The first-order valence-corrected chi connectivity index (χ1v) is 9.17. The zero-order chi connectivity index (χ0) is 20.1. The van der Waals surface area contributed by atoms with Crippen molar-refractivity contribution < 1.29 is 9.59 Å². The van der Waals surface area contributed by atoms with E-state index in [1.54, 1.807) is 10.7 Å². The summed E-state index contributed by atoms with van der Waals surface area (Å²) in [7, 11) is 1.89. The van der Waals surface area contributed by atoms with Gasteiger partial charge in [0.2, 0.25) is 0 Å². The number of hydrogen-bond donors (Lipinski definition) is 2. The second-order valence-electron chi connectivity index (χ2n) is 6.81. The van der Waals surface area contributed by atoms with Crippen molar-refractivity contribution in [1.29, 1.82) is 0 Å². The van der Waals surface area contributed by atoms with E-state index >= 15 is 0 Å². The van der Waals surface area contributed by atoms with E-state index in [1.165, 1.54) is 0 Å². The van der Waals surface area contributed by atoms with Crippen LogP contribution < -0.4 is 10.6 Å². The quantitative estimate of drug-likeness (QED) is 0.672. The number of anilines is 1. The van der Waals surface area contributed by atoms with E-state index < -0.39 is 11.8 Å². The molecule has 3 aromatic rings.